The Labute approximate surface area is 202 Å². The second-order valence-electron chi connectivity index (χ2n) is 8.68. The van der Waals surface area contributed by atoms with Crippen molar-refractivity contribution in [2.24, 2.45) is 5.73 Å². The lowest BCUT2D eigenvalue weighted by Crippen LogP contribution is -2.46. The summed E-state index contributed by atoms with van der Waals surface area (Å²) in [6.07, 6.45) is 2.89. The SMILES string of the molecule is NC(=O)N(CCCCN1CCN(c2ccc3c(c2)CCO3)CC1)c1cc2cc(Br)ccc2o1. The number of furan rings is 1. The van der Waals surface area contributed by atoms with E-state index < -0.39 is 6.03 Å². The maximum Gasteiger partial charge on any atom is 0.321 e. The molecule has 1 aromatic heterocycles. The lowest BCUT2D eigenvalue weighted by atomic mass is 10.1. The molecule has 1 saturated heterocycles. The Morgan fingerprint density at radius 2 is 1.91 bits per heavy atom. The minimum absolute atomic E-state index is 0.485. The van der Waals surface area contributed by atoms with Crippen LogP contribution < -0.4 is 20.3 Å². The van der Waals surface area contributed by atoms with E-state index in [4.69, 9.17) is 14.9 Å². The number of nitrogens with zero attached hydrogens (tertiary/aromatic N) is 3. The number of carbonyl (C=O) groups is 1. The van der Waals surface area contributed by atoms with E-state index in [1.165, 1.54) is 16.2 Å². The molecule has 0 radical (unpaired) electrons. The van der Waals surface area contributed by atoms with Gasteiger partial charge in [0.25, 0.3) is 0 Å². The molecule has 0 atom stereocenters. The fraction of sp³-hybridized carbons (Fsp3) is 0.400. The Balaban J connectivity index is 1.09. The Hall–Kier alpha value is -2.71. The Morgan fingerprint density at radius 3 is 2.73 bits per heavy atom. The second kappa shape index (κ2) is 9.65. The molecule has 2 aliphatic rings. The van der Waals surface area contributed by atoms with Crippen molar-refractivity contribution in [1.29, 1.82) is 0 Å². The number of unbranched alkanes of at least 4 members (excludes halogenated alkanes) is 1. The number of ether oxygens (including phenoxy) is 1. The number of anilines is 2. The molecule has 7 nitrogen and oxygen atoms in total. The predicted octanol–water partition coefficient (Wildman–Crippen LogP) is 4.62. The van der Waals surface area contributed by atoms with E-state index in [-0.39, 0.29) is 0 Å². The van der Waals surface area contributed by atoms with Gasteiger partial charge in [0.05, 0.1) is 6.61 Å². The number of hydrogen-bond acceptors (Lipinski definition) is 5. The van der Waals surface area contributed by atoms with Crippen molar-refractivity contribution < 1.29 is 13.9 Å². The number of piperazine rings is 1. The molecule has 3 aromatic rings. The Morgan fingerprint density at radius 1 is 1.06 bits per heavy atom. The summed E-state index contributed by atoms with van der Waals surface area (Å²) in [7, 11) is 0. The van der Waals surface area contributed by atoms with Crippen LogP contribution in [0.25, 0.3) is 11.0 Å². The lowest BCUT2D eigenvalue weighted by molar-refractivity contribution is 0.248. The van der Waals surface area contributed by atoms with Gasteiger partial charge in [-0.2, -0.15) is 0 Å². The minimum atomic E-state index is -0.485. The van der Waals surface area contributed by atoms with Crippen LogP contribution >= 0.6 is 15.9 Å². The number of hydrogen-bond donors (Lipinski definition) is 1. The standard InChI is InChI=1S/C25H29BrN4O3/c26-20-3-5-23-19(15-20)17-24(33-23)30(25(27)31)9-2-1-8-28-10-12-29(13-11-28)21-4-6-22-18(16-21)7-14-32-22/h3-6,15-17H,1-2,7-14H2,(H2,27,31). The van der Waals surface area contributed by atoms with Crippen LogP contribution in [0, 0.1) is 0 Å². The number of fused-ring (bicyclic) bond motifs is 2. The van der Waals surface area contributed by atoms with Crippen LogP contribution in [0.1, 0.15) is 18.4 Å². The third kappa shape index (κ3) is 4.96. The first-order valence-electron chi connectivity index (χ1n) is 11.6. The van der Waals surface area contributed by atoms with Crippen LogP contribution in [-0.2, 0) is 6.42 Å². The highest BCUT2D eigenvalue weighted by Gasteiger charge is 2.20. The third-order valence-electron chi connectivity index (χ3n) is 6.51. The minimum Gasteiger partial charge on any atom is -0.493 e. The monoisotopic (exact) mass is 512 g/mol. The summed E-state index contributed by atoms with van der Waals surface area (Å²) in [5.41, 5.74) is 9.01. The van der Waals surface area contributed by atoms with Crippen LogP contribution in [0.4, 0.5) is 16.4 Å². The summed E-state index contributed by atoms with van der Waals surface area (Å²) in [5.74, 6) is 1.54. The number of carbonyl (C=O) groups excluding carboxylic acids is 1. The van der Waals surface area contributed by atoms with Gasteiger partial charge in [0.15, 0.2) is 0 Å². The van der Waals surface area contributed by atoms with Gasteiger partial charge in [0, 0.05) is 60.8 Å². The first kappa shape index (κ1) is 22.1. The molecule has 0 spiro atoms. The highest BCUT2D eigenvalue weighted by atomic mass is 79.9. The normalized spacial score (nSPS) is 16.1. The van der Waals surface area contributed by atoms with Crippen LogP contribution in [0.2, 0.25) is 0 Å². The van der Waals surface area contributed by atoms with Crippen molar-refractivity contribution >= 4 is 44.5 Å². The van der Waals surface area contributed by atoms with Gasteiger partial charge in [-0.05, 0) is 61.3 Å². The quantitative estimate of drug-likeness (QED) is 0.467. The molecular formula is C25H29BrN4O3. The summed E-state index contributed by atoms with van der Waals surface area (Å²) < 4.78 is 12.5. The zero-order chi connectivity index (χ0) is 22.8. The number of urea groups is 1. The number of primary amides is 1. The average molecular weight is 513 g/mol. The molecule has 0 saturated carbocycles. The predicted molar refractivity (Wildman–Crippen MR) is 134 cm³/mol. The largest absolute Gasteiger partial charge is 0.493 e. The molecule has 33 heavy (non-hydrogen) atoms. The van der Waals surface area contributed by atoms with E-state index in [1.807, 2.05) is 24.3 Å². The zero-order valence-electron chi connectivity index (χ0n) is 18.6. The number of nitrogens with two attached hydrogens (primary N) is 1. The molecule has 8 heteroatoms. The summed E-state index contributed by atoms with van der Waals surface area (Å²) in [6.45, 7) is 6.52. The summed E-state index contributed by atoms with van der Waals surface area (Å²) in [4.78, 5) is 18.5. The molecule has 5 rings (SSSR count). The highest BCUT2D eigenvalue weighted by molar-refractivity contribution is 9.10. The number of rotatable bonds is 7. The summed E-state index contributed by atoms with van der Waals surface area (Å²) in [6, 6.07) is 13.7. The third-order valence-corrected chi connectivity index (χ3v) is 7.01. The summed E-state index contributed by atoms with van der Waals surface area (Å²) >= 11 is 3.47. The molecule has 2 aliphatic heterocycles. The van der Waals surface area contributed by atoms with Crippen LogP contribution in [0.5, 0.6) is 5.75 Å². The van der Waals surface area contributed by atoms with Crippen molar-refractivity contribution in [3.63, 3.8) is 0 Å². The average Bonchev–Trinajstić information content (AvgIpc) is 3.45. The lowest BCUT2D eigenvalue weighted by Gasteiger charge is -2.36. The van der Waals surface area contributed by atoms with Gasteiger partial charge < -0.3 is 19.8 Å². The topological polar surface area (TPSA) is 75.2 Å². The molecule has 0 bridgehead atoms. The van der Waals surface area contributed by atoms with Crippen molar-refractivity contribution in [3.05, 3.63) is 52.5 Å². The molecular weight excluding hydrogens is 484 g/mol. The highest BCUT2D eigenvalue weighted by Crippen LogP contribution is 2.30. The van der Waals surface area contributed by atoms with E-state index >= 15 is 0 Å². The van der Waals surface area contributed by atoms with Gasteiger partial charge in [-0.3, -0.25) is 9.80 Å². The van der Waals surface area contributed by atoms with E-state index in [1.54, 1.807) is 0 Å². The van der Waals surface area contributed by atoms with Gasteiger partial charge in [0.1, 0.15) is 11.3 Å². The maximum atomic E-state index is 12.0. The Kier molecular flexibility index (Phi) is 6.46. The number of halogens is 1. The molecule has 174 valence electrons. The van der Waals surface area contributed by atoms with Gasteiger partial charge in [-0.25, -0.2) is 4.79 Å². The van der Waals surface area contributed by atoms with E-state index in [0.29, 0.717) is 12.4 Å². The first-order chi connectivity index (χ1) is 16.1. The van der Waals surface area contributed by atoms with Crippen molar-refractivity contribution in [3.8, 4) is 5.75 Å². The fourth-order valence-corrected chi connectivity index (χ4v) is 5.05. The summed E-state index contributed by atoms with van der Waals surface area (Å²) in [5, 5.41) is 0.944. The van der Waals surface area contributed by atoms with Crippen molar-refractivity contribution in [2.75, 3.05) is 55.7 Å². The Bertz CT molecular complexity index is 1140. The molecule has 3 heterocycles. The van der Waals surface area contributed by atoms with Crippen LogP contribution in [0.15, 0.2) is 51.4 Å². The smallest absolute Gasteiger partial charge is 0.321 e. The van der Waals surface area contributed by atoms with E-state index in [9.17, 15) is 4.79 Å². The van der Waals surface area contributed by atoms with Crippen molar-refractivity contribution in [1.82, 2.24) is 4.90 Å². The zero-order valence-corrected chi connectivity index (χ0v) is 20.2. The van der Waals surface area contributed by atoms with Crippen LogP contribution in [-0.4, -0.2) is 56.8 Å². The van der Waals surface area contributed by atoms with Crippen LogP contribution in [0.3, 0.4) is 0 Å². The van der Waals surface area contributed by atoms with E-state index in [0.717, 1.165) is 79.8 Å². The van der Waals surface area contributed by atoms with Crippen molar-refractivity contribution in [2.45, 2.75) is 19.3 Å². The molecule has 2 aromatic carbocycles. The number of benzene rings is 2. The van der Waals surface area contributed by atoms with Gasteiger partial charge in [-0.15, -0.1) is 0 Å². The van der Waals surface area contributed by atoms with Gasteiger partial charge >= 0.3 is 6.03 Å². The van der Waals surface area contributed by atoms with E-state index in [2.05, 4.69) is 43.9 Å². The molecule has 2 N–H and O–H groups in total. The molecule has 1 fully saturated rings. The second-order valence-corrected chi connectivity index (χ2v) is 9.60. The van der Waals surface area contributed by atoms with Gasteiger partial charge in [-0.1, -0.05) is 15.9 Å². The number of amides is 2. The molecule has 0 aliphatic carbocycles. The molecule has 2 amide bonds. The first-order valence-corrected chi connectivity index (χ1v) is 12.4. The molecule has 0 unspecified atom stereocenters. The maximum absolute atomic E-state index is 12.0. The van der Waals surface area contributed by atoms with Gasteiger partial charge in [0.2, 0.25) is 5.88 Å². The fourth-order valence-electron chi connectivity index (χ4n) is 4.67.